The Bertz CT molecular complexity index is 806. The van der Waals surface area contributed by atoms with Gasteiger partial charge in [0.05, 0.1) is 5.92 Å². The van der Waals surface area contributed by atoms with Crippen LogP contribution >= 0.6 is 11.6 Å². The van der Waals surface area contributed by atoms with Crippen molar-refractivity contribution in [3.8, 4) is 11.5 Å². The Balaban J connectivity index is 1.79. The lowest BCUT2D eigenvalue weighted by atomic mass is 10.0. The van der Waals surface area contributed by atoms with Crippen LogP contribution in [0.25, 0.3) is 11.5 Å². The largest absolute Gasteiger partial charge is 0.435 e. The minimum atomic E-state index is -4.71. The zero-order chi connectivity index (χ0) is 17.8. The molecule has 0 spiro atoms. The lowest BCUT2D eigenvalue weighted by Crippen LogP contribution is -2.47. The number of nitrogens with zero attached hydrogens (tertiary/aromatic N) is 5. The van der Waals surface area contributed by atoms with Crippen LogP contribution in [0.5, 0.6) is 0 Å². The molecule has 0 aliphatic carbocycles. The van der Waals surface area contributed by atoms with Gasteiger partial charge in [-0.15, -0.1) is 0 Å². The zero-order valence-corrected chi connectivity index (χ0v) is 13.9. The minimum Gasteiger partial charge on any atom is -0.339 e. The Labute approximate surface area is 145 Å². The minimum absolute atomic E-state index is 0.0258. The first-order valence-corrected chi connectivity index (χ1v) is 8.18. The highest BCUT2D eigenvalue weighted by molar-refractivity contribution is 6.33. The van der Waals surface area contributed by atoms with Gasteiger partial charge in [-0.2, -0.15) is 18.2 Å². The molecule has 0 aromatic carbocycles. The molecule has 0 amide bonds. The van der Waals surface area contributed by atoms with Gasteiger partial charge in [0.25, 0.3) is 0 Å². The predicted octanol–water partition coefficient (Wildman–Crippen LogP) is 2.48. The van der Waals surface area contributed by atoms with Crippen LogP contribution in [0.1, 0.15) is 30.8 Å². The average Bonchev–Trinajstić information content (AvgIpc) is 2.93. The fourth-order valence-corrected chi connectivity index (χ4v) is 2.95. The van der Waals surface area contributed by atoms with Crippen LogP contribution in [0.3, 0.4) is 0 Å². The molecule has 0 saturated carbocycles. The number of alkyl halides is 3. The van der Waals surface area contributed by atoms with Gasteiger partial charge in [-0.05, 0) is 13.3 Å². The first-order chi connectivity index (χ1) is 11.8. The third-order valence-corrected chi connectivity index (χ3v) is 4.83. The molecule has 2 saturated heterocycles. The Kier molecular flexibility index (Phi) is 3.84. The summed E-state index contributed by atoms with van der Waals surface area (Å²) in [6.07, 6.45) is -3.84. The van der Waals surface area contributed by atoms with E-state index in [-0.39, 0.29) is 29.4 Å². The van der Waals surface area contributed by atoms with E-state index in [4.69, 9.17) is 16.1 Å². The van der Waals surface area contributed by atoms with Crippen LogP contribution in [-0.2, 0) is 6.18 Å². The number of hydrogen-bond acceptors (Lipinski definition) is 7. The molecule has 0 unspecified atom stereocenters. The number of nitrogens with one attached hydrogen (secondary N) is 1. The molecular weight excluding hydrogens is 361 g/mol. The second-order valence-electron chi connectivity index (χ2n) is 6.18. The van der Waals surface area contributed by atoms with Gasteiger partial charge in [-0.1, -0.05) is 16.8 Å². The molecule has 0 bridgehead atoms. The van der Waals surface area contributed by atoms with Gasteiger partial charge in [-0.3, -0.25) is 0 Å². The normalized spacial score (nSPS) is 21.2. The maximum Gasteiger partial charge on any atom is 0.435 e. The Morgan fingerprint density at radius 2 is 2.00 bits per heavy atom. The van der Waals surface area contributed by atoms with Gasteiger partial charge in [-0.25, -0.2) is 9.97 Å². The number of rotatable bonds is 3. The molecule has 0 radical (unpaired) electrons. The van der Waals surface area contributed by atoms with Crippen molar-refractivity contribution in [2.75, 3.05) is 24.5 Å². The third kappa shape index (κ3) is 2.82. The number of hydrogen-bond donors (Lipinski definition) is 1. The SMILES string of the molecule is C[C@H]1CCN1c1nc(-c2noc(C3CNC3)n2)c(Cl)c(C(F)(F)F)n1. The molecule has 2 aromatic rings. The first kappa shape index (κ1) is 16.5. The summed E-state index contributed by atoms with van der Waals surface area (Å²) in [6, 6.07) is 0.0667. The van der Waals surface area contributed by atoms with Crippen molar-refractivity contribution in [1.29, 1.82) is 0 Å². The number of halogens is 4. The van der Waals surface area contributed by atoms with Gasteiger partial charge in [0.1, 0.15) is 10.7 Å². The molecule has 4 rings (SSSR count). The summed E-state index contributed by atoms with van der Waals surface area (Å²) >= 11 is 5.94. The van der Waals surface area contributed by atoms with Gasteiger partial charge < -0.3 is 14.7 Å². The fraction of sp³-hybridized carbons (Fsp3) is 0.571. The topological polar surface area (TPSA) is 80.0 Å². The highest BCUT2D eigenvalue weighted by Crippen LogP contribution is 2.39. The smallest absolute Gasteiger partial charge is 0.339 e. The second-order valence-corrected chi connectivity index (χ2v) is 6.55. The van der Waals surface area contributed by atoms with Crippen molar-refractivity contribution in [1.82, 2.24) is 25.4 Å². The molecule has 134 valence electrons. The molecule has 2 fully saturated rings. The standard InChI is InChI=1S/C14H14ClF3N6O/c1-6-2-3-24(6)13-20-9(8(15)10(21-13)14(16,17)18)11-22-12(25-23-11)7-4-19-5-7/h6-7,19H,2-5H2,1H3/t6-/m0/s1. The van der Waals surface area contributed by atoms with E-state index in [1.807, 2.05) is 6.92 Å². The van der Waals surface area contributed by atoms with Crippen LogP contribution in [0.2, 0.25) is 5.02 Å². The number of aromatic nitrogens is 4. The van der Waals surface area contributed by atoms with Crippen molar-refractivity contribution in [3.05, 3.63) is 16.6 Å². The van der Waals surface area contributed by atoms with Crippen LogP contribution in [-0.4, -0.2) is 45.8 Å². The molecular formula is C14H14ClF3N6O. The number of anilines is 1. The summed E-state index contributed by atoms with van der Waals surface area (Å²) in [4.78, 5) is 13.7. The zero-order valence-electron chi connectivity index (χ0n) is 13.1. The van der Waals surface area contributed by atoms with Crippen molar-refractivity contribution in [2.24, 2.45) is 0 Å². The van der Waals surface area contributed by atoms with Crippen LogP contribution in [0, 0.1) is 0 Å². The third-order valence-electron chi connectivity index (χ3n) is 4.47. The van der Waals surface area contributed by atoms with Crippen LogP contribution in [0.15, 0.2) is 4.52 Å². The molecule has 1 atom stereocenters. The van der Waals surface area contributed by atoms with E-state index in [9.17, 15) is 13.2 Å². The van der Waals surface area contributed by atoms with Crippen molar-refractivity contribution >= 4 is 17.5 Å². The van der Waals surface area contributed by atoms with E-state index in [1.165, 1.54) is 0 Å². The lowest BCUT2D eigenvalue weighted by Gasteiger charge is -2.39. The van der Waals surface area contributed by atoms with Crippen molar-refractivity contribution in [3.63, 3.8) is 0 Å². The monoisotopic (exact) mass is 374 g/mol. The Morgan fingerprint density at radius 3 is 2.52 bits per heavy atom. The van der Waals surface area contributed by atoms with Crippen LogP contribution in [0.4, 0.5) is 19.1 Å². The molecule has 25 heavy (non-hydrogen) atoms. The predicted molar refractivity (Wildman–Crippen MR) is 82.4 cm³/mol. The van der Waals surface area contributed by atoms with Gasteiger partial charge in [0, 0.05) is 25.7 Å². The Morgan fingerprint density at radius 1 is 1.24 bits per heavy atom. The average molecular weight is 375 g/mol. The first-order valence-electron chi connectivity index (χ1n) is 7.80. The van der Waals surface area contributed by atoms with E-state index in [2.05, 4.69) is 25.4 Å². The summed E-state index contributed by atoms with van der Waals surface area (Å²) in [5.41, 5.74) is -1.36. The highest BCUT2D eigenvalue weighted by Gasteiger charge is 2.40. The van der Waals surface area contributed by atoms with Crippen LogP contribution < -0.4 is 10.2 Å². The molecule has 2 aromatic heterocycles. The van der Waals surface area contributed by atoms with Gasteiger partial charge in [0.2, 0.25) is 17.7 Å². The molecule has 11 heteroatoms. The summed E-state index contributed by atoms with van der Waals surface area (Å²) in [7, 11) is 0. The van der Waals surface area contributed by atoms with E-state index >= 15 is 0 Å². The summed E-state index contributed by atoms with van der Waals surface area (Å²) in [5.74, 6) is 0.325. The van der Waals surface area contributed by atoms with E-state index in [1.54, 1.807) is 4.90 Å². The highest BCUT2D eigenvalue weighted by atomic mass is 35.5. The summed E-state index contributed by atoms with van der Waals surface area (Å²) in [6.45, 7) is 3.85. The maximum absolute atomic E-state index is 13.3. The molecule has 7 nitrogen and oxygen atoms in total. The summed E-state index contributed by atoms with van der Waals surface area (Å²) in [5, 5.41) is 6.20. The molecule has 1 N–H and O–H groups in total. The van der Waals surface area contributed by atoms with E-state index in [0.717, 1.165) is 6.42 Å². The quantitative estimate of drug-likeness (QED) is 0.884. The lowest BCUT2D eigenvalue weighted by molar-refractivity contribution is -0.141. The molecule has 2 aliphatic rings. The van der Waals surface area contributed by atoms with Gasteiger partial charge in [0.15, 0.2) is 5.69 Å². The Hall–Kier alpha value is -1.94. The van der Waals surface area contributed by atoms with E-state index in [0.29, 0.717) is 25.5 Å². The summed E-state index contributed by atoms with van der Waals surface area (Å²) < 4.78 is 45.2. The van der Waals surface area contributed by atoms with Crippen molar-refractivity contribution in [2.45, 2.75) is 31.5 Å². The fourth-order valence-electron chi connectivity index (χ4n) is 2.67. The maximum atomic E-state index is 13.3. The molecule has 2 aliphatic heterocycles. The van der Waals surface area contributed by atoms with Crippen molar-refractivity contribution < 1.29 is 17.7 Å². The second kappa shape index (κ2) is 5.80. The van der Waals surface area contributed by atoms with Gasteiger partial charge >= 0.3 is 6.18 Å². The van der Waals surface area contributed by atoms with E-state index < -0.39 is 16.9 Å². The molecule has 4 heterocycles.